The van der Waals surface area contributed by atoms with Crippen molar-refractivity contribution in [2.24, 2.45) is 11.1 Å². The fourth-order valence-corrected chi connectivity index (χ4v) is 2.82. The topological polar surface area (TPSA) is 88.6 Å². The Morgan fingerprint density at radius 3 is 2.70 bits per heavy atom. The van der Waals surface area contributed by atoms with Gasteiger partial charge in [-0.05, 0) is 44.0 Å². The van der Waals surface area contributed by atoms with Crippen LogP contribution in [0.5, 0.6) is 0 Å². The summed E-state index contributed by atoms with van der Waals surface area (Å²) >= 11 is 0. The summed E-state index contributed by atoms with van der Waals surface area (Å²) in [5.41, 5.74) is 0. The predicted octanol–water partition coefficient (Wildman–Crippen LogP) is 0.749. The zero-order valence-corrected chi connectivity index (χ0v) is 12.7. The predicted molar refractivity (Wildman–Crippen MR) is 76.6 cm³/mol. The molecule has 20 heavy (non-hydrogen) atoms. The maximum atomic E-state index is 11.1. The molecule has 7 heteroatoms. The van der Waals surface area contributed by atoms with Crippen LogP contribution in [0.1, 0.15) is 25.5 Å². The molecule has 0 saturated carbocycles. The van der Waals surface area contributed by atoms with Crippen LogP contribution in [0, 0.1) is 5.92 Å². The molecule has 1 aromatic rings. The van der Waals surface area contributed by atoms with Crippen molar-refractivity contribution in [3.63, 3.8) is 0 Å². The Morgan fingerprint density at radius 2 is 2.10 bits per heavy atom. The smallest absolute Gasteiger partial charge is 0.271 e. The molecular weight excluding hydrogens is 278 g/mol. The normalized spacial score (nSPS) is 18.5. The van der Waals surface area contributed by atoms with E-state index in [9.17, 15) is 8.42 Å². The highest BCUT2D eigenvalue weighted by Gasteiger charge is 2.15. The van der Waals surface area contributed by atoms with Crippen molar-refractivity contribution in [1.29, 1.82) is 0 Å². The minimum atomic E-state index is -3.74. The number of nitrogens with two attached hydrogens (primary N) is 1. The van der Waals surface area contributed by atoms with Gasteiger partial charge in [0.15, 0.2) is 0 Å². The molecular formula is C13H23N3O3S. The molecule has 0 amide bonds. The van der Waals surface area contributed by atoms with Crippen LogP contribution in [-0.4, -0.2) is 39.5 Å². The Bertz CT molecular complexity index is 519. The van der Waals surface area contributed by atoms with Gasteiger partial charge in [0.25, 0.3) is 10.0 Å². The van der Waals surface area contributed by atoms with Crippen LogP contribution < -0.4 is 10.5 Å². The van der Waals surface area contributed by atoms with Gasteiger partial charge in [-0.1, -0.05) is 6.92 Å². The molecule has 114 valence electrons. The van der Waals surface area contributed by atoms with Crippen molar-refractivity contribution < 1.29 is 12.8 Å². The lowest BCUT2D eigenvalue weighted by molar-refractivity contribution is 0.192. The van der Waals surface area contributed by atoms with Crippen LogP contribution in [0.25, 0.3) is 0 Å². The third-order valence-corrected chi connectivity index (χ3v) is 4.48. The zero-order valence-electron chi connectivity index (χ0n) is 11.8. The monoisotopic (exact) mass is 301 g/mol. The number of piperidine rings is 1. The highest BCUT2D eigenvalue weighted by molar-refractivity contribution is 7.89. The van der Waals surface area contributed by atoms with E-state index in [0.29, 0.717) is 12.3 Å². The first kappa shape index (κ1) is 15.5. The number of sulfonamides is 1. The molecule has 2 rings (SSSR count). The molecule has 1 aliphatic rings. The second-order valence-corrected chi connectivity index (χ2v) is 6.96. The fourth-order valence-electron chi connectivity index (χ4n) is 2.34. The number of furan rings is 1. The molecule has 1 saturated heterocycles. The summed E-state index contributed by atoms with van der Waals surface area (Å²) in [5, 5.41) is 8.06. The fraction of sp³-hybridized carbons (Fsp3) is 0.692. The highest BCUT2D eigenvalue weighted by Crippen LogP contribution is 2.15. The van der Waals surface area contributed by atoms with Gasteiger partial charge in [-0.25, -0.2) is 13.6 Å². The Hall–Kier alpha value is -0.890. The van der Waals surface area contributed by atoms with E-state index < -0.39 is 10.0 Å². The first-order valence-electron chi connectivity index (χ1n) is 7.00. The summed E-state index contributed by atoms with van der Waals surface area (Å²) in [6, 6.07) is 3.02. The van der Waals surface area contributed by atoms with Gasteiger partial charge in [-0.2, -0.15) is 0 Å². The van der Waals surface area contributed by atoms with Crippen LogP contribution in [0.2, 0.25) is 0 Å². The molecule has 0 atom stereocenters. The molecule has 0 radical (unpaired) electrons. The van der Waals surface area contributed by atoms with Crippen molar-refractivity contribution in [2.45, 2.75) is 31.4 Å². The second kappa shape index (κ2) is 6.71. The SMILES string of the molecule is CC1CCN(CCNCc2ccc(S(N)(=O)=O)o2)CC1. The van der Waals surface area contributed by atoms with Gasteiger partial charge in [-0.15, -0.1) is 0 Å². The summed E-state index contributed by atoms with van der Waals surface area (Å²) in [6.45, 7) is 7.02. The van der Waals surface area contributed by atoms with Crippen LogP contribution in [0.15, 0.2) is 21.6 Å². The Labute approximate surface area is 120 Å². The molecule has 1 fully saturated rings. The quantitative estimate of drug-likeness (QED) is 0.757. The van der Waals surface area contributed by atoms with E-state index in [-0.39, 0.29) is 5.09 Å². The maximum Gasteiger partial charge on any atom is 0.271 e. The molecule has 0 aromatic carbocycles. The Morgan fingerprint density at radius 1 is 1.40 bits per heavy atom. The maximum absolute atomic E-state index is 11.1. The highest BCUT2D eigenvalue weighted by atomic mass is 32.2. The first-order chi connectivity index (χ1) is 9.45. The Balaban J connectivity index is 1.67. The van der Waals surface area contributed by atoms with Crippen molar-refractivity contribution in [2.75, 3.05) is 26.2 Å². The minimum absolute atomic E-state index is 0.181. The molecule has 0 bridgehead atoms. The number of nitrogens with zero attached hydrogens (tertiary/aromatic N) is 1. The molecule has 0 unspecified atom stereocenters. The summed E-state index contributed by atoms with van der Waals surface area (Å²) in [6.07, 6.45) is 2.55. The molecule has 6 nitrogen and oxygen atoms in total. The second-order valence-electron chi connectivity index (χ2n) is 5.47. The molecule has 3 N–H and O–H groups in total. The van der Waals surface area contributed by atoms with Crippen molar-refractivity contribution in [3.05, 3.63) is 17.9 Å². The average Bonchev–Trinajstić information content (AvgIpc) is 2.85. The van der Waals surface area contributed by atoms with Gasteiger partial charge in [0, 0.05) is 13.1 Å². The molecule has 1 aliphatic heterocycles. The number of nitrogens with one attached hydrogen (secondary N) is 1. The van der Waals surface area contributed by atoms with Gasteiger partial charge < -0.3 is 14.6 Å². The van der Waals surface area contributed by atoms with Gasteiger partial charge in [0.2, 0.25) is 5.09 Å². The molecule has 0 aliphatic carbocycles. The van der Waals surface area contributed by atoms with Crippen LogP contribution in [-0.2, 0) is 16.6 Å². The van der Waals surface area contributed by atoms with Crippen LogP contribution in [0.4, 0.5) is 0 Å². The number of rotatable bonds is 6. The Kier molecular flexibility index (Phi) is 5.20. The lowest BCUT2D eigenvalue weighted by atomic mass is 9.99. The molecule has 1 aromatic heterocycles. The first-order valence-corrected chi connectivity index (χ1v) is 8.54. The van der Waals surface area contributed by atoms with E-state index in [4.69, 9.17) is 9.56 Å². The lowest BCUT2D eigenvalue weighted by Crippen LogP contribution is -2.37. The van der Waals surface area contributed by atoms with E-state index >= 15 is 0 Å². The van der Waals surface area contributed by atoms with E-state index in [0.717, 1.165) is 19.0 Å². The third-order valence-electron chi connectivity index (χ3n) is 3.70. The largest absolute Gasteiger partial charge is 0.447 e. The number of hydrogen-bond acceptors (Lipinski definition) is 5. The summed E-state index contributed by atoms with van der Waals surface area (Å²) in [7, 11) is -3.74. The van der Waals surface area contributed by atoms with Crippen LogP contribution in [0.3, 0.4) is 0 Å². The molecule has 0 spiro atoms. The van der Waals surface area contributed by atoms with Crippen molar-refractivity contribution in [1.82, 2.24) is 10.2 Å². The minimum Gasteiger partial charge on any atom is -0.447 e. The zero-order chi connectivity index (χ0) is 14.6. The van der Waals surface area contributed by atoms with E-state index in [1.807, 2.05) is 0 Å². The molecule has 2 heterocycles. The van der Waals surface area contributed by atoms with Crippen molar-refractivity contribution >= 4 is 10.0 Å². The number of likely N-dealkylation sites (tertiary alicyclic amines) is 1. The van der Waals surface area contributed by atoms with Gasteiger partial charge >= 0.3 is 0 Å². The summed E-state index contributed by atoms with van der Waals surface area (Å²) in [4.78, 5) is 2.45. The lowest BCUT2D eigenvalue weighted by Gasteiger charge is -2.30. The van der Waals surface area contributed by atoms with Gasteiger partial charge in [-0.3, -0.25) is 0 Å². The third kappa shape index (κ3) is 4.59. The van der Waals surface area contributed by atoms with Gasteiger partial charge in [0.05, 0.1) is 6.54 Å². The van der Waals surface area contributed by atoms with E-state index in [1.165, 1.54) is 32.0 Å². The average molecular weight is 301 g/mol. The van der Waals surface area contributed by atoms with Gasteiger partial charge in [0.1, 0.15) is 5.76 Å². The van der Waals surface area contributed by atoms with Crippen molar-refractivity contribution in [3.8, 4) is 0 Å². The van der Waals surface area contributed by atoms with E-state index in [1.54, 1.807) is 6.07 Å². The van der Waals surface area contributed by atoms with Crippen LogP contribution >= 0.6 is 0 Å². The summed E-state index contributed by atoms with van der Waals surface area (Å²) < 4.78 is 27.3. The number of primary sulfonamides is 1. The standard InChI is InChI=1S/C13H23N3O3S/c1-11-4-7-16(8-5-11)9-6-15-10-12-2-3-13(19-12)20(14,17)18/h2-3,11,15H,4-10H2,1H3,(H2,14,17,18). The number of hydrogen-bond donors (Lipinski definition) is 2. The summed E-state index contributed by atoms with van der Waals surface area (Å²) in [5.74, 6) is 1.43. The van der Waals surface area contributed by atoms with E-state index in [2.05, 4.69) is 17.1 Å².